The molecule has 0 aliphatic rings. The van der Waals surface area contributed by atoms with Gasteiger partial charge in [0.2, 0.25) is 0 Å². The van der Waals surface area contributed by atoms with Crippen molar-refractivity contribution in [3.8, 4) is 6.19 Å². The number of hydrogen-bond acceptors (Lipinski definition) is 5. The topological polar surface area (TPSA) is 82.3 Å². The number of aryl methyl sites for hydroxylation is 1. The zero-order valence-electron chi connectivity index (χ0n) is 13.4. The molecule has 24 heavy (non-hydrogen) atoms. The maximum atomic E-state index is 12.4. The fourth-order valence-electron chi connectivity index (χ4n) is 2.00. The van der Waals surface area contributed by atoms with Crippen LogP contribution in [0.15, 0.2) is 58.4 Å². The lowest BCUT2D eigenvalue weighted by Crippen LogP contribution is -2.12. The van der Waals surface area contributed by atoms with Gasteiger partial charge in [0.15, 0.2) is 21.2 Å². The second kappa shape index (κ2) is 7.99. The van der Waals surface area contributed by atoms with Crippen LogP contribution in [0.3, 0.4) is 0 Å². The molecular formula is C17H17N3O2S2. The summed E-state index contributed by atoms with van der Waals surface area (Å²) in [6.45, 7) is 1.92. The highest BCUT2D eigenvalue weighted by atomic mass is 32.2. The van der Waals surface area contributed by atoms with Crippen LogP contribution in [0.4, 0.5) is 5.69 Å². The molecule has 2 rings (SSSR count). The Morgan fingerprint density at radius 2 is 1.79 bits per heavy atom. The van der Waals surface area contributed by atoms with E-state index in [-0.39, 0.29) is 5.75 Å². The molecule has 1 N–H and O–H groups in total. The van der Waals surface area contributed by atoms with Gasteiger partial charge in [-0.2, -0.15) is 5.26 Å². The smallest absolute Gasteiger partial charge is 0.183 e. The number of benzene rings is 2. The Hall–Kier alpha value is -2.30. The molecule has 0 aliphatic heterocycles. The Kier molecular flexibility index (Phi) is 6.01. The van der Waals surface area contributed by atoms with Crippen molar-refractivity contribution >= 4 is 32.5 Å². The van der Waals surface area contributed by atoms with Crippen LogP contribution < -0.4 is 5.32 Å². The van der Waals surface area contributed by atoms with Gasteiger partial charge in [0.1, 0.15) is 0 Å². The highest BCUT2D eigenvalue weighted by Crippen LogP contribution is 2.20. The maximum absolute atomic E-state index is 12.4. The molecule has 0 heterocycles. The van der Waals surface area contributed by atoms with E-state index >= 15 is 0 Å². The van der Waals surface area contributed by atoms with E-state index in [0.717, 1.165) is 5.56 Å². The Morgan fingerprint density at radius 1 is 1.17 bits per heavy atom. The lowest BCUT2D eigenvalue weighted by molar-refractivity contribution is 0.595. The molecule has 2 aromatic rings. The Bertz CT molecular complexity index is 866. The number of nitriles is 1. The first-order valence-corrected chi connectivity index (χ1v) is 9.98. The van der Waals surface area contributed by atoms with Crippen molar-refractivity contribution in [2.75, 3.05) is 6.26 Å². The van der Waals surface area contributed by atoms with Gasteiger partial charge in [0.05, 0.1) is 16.3 Å². The summed E-state index contributed by atoms with van der Waals surface area (Å²) in [7, 11) is -3.37. The second-order valence-corrected chi connectivity index (χ2v) is 7.88. The highest BCUT2D eigenvalue weighted by Gasteiger charge is 2.15. The first kappa shape index (κ1) is 18.0. The number of amidine groups is 1. The molecule has 0 fully saturated rings. The van der Waals surface area contributed by atoms with E-state index in [1.54, 1.807) is 48.5 Å². The van der Waals surface area contributed by atoms with Crippen LogP contribution in [0.5, 0.6) is 0 Å². The van der Waals surface area contributed by atoms with Gasteiger partial charge in [-0.3, -0.25) is 5.32 Å². The summed E-state index contributed by atoms with van der Waals surface area (Å²) in [5, 5.41) is 11.6. The number of nitrogens with zero attached hydrogens (tertiary/aromatic N) is 2. The second-order valence-electron chi connectivity index (χ2n) is 5.10. The monoisotopic (exact) mass is 359 g/mol. The van der Waals surface area contributed by atoms with Gasteiger partial charge >= 0.3 is 0 Å². The van der Waals surface area contributed by atoms with E-state index in [0.29, 0.717) is 21.3 Å². The Balaban J connectivity index is 2.17. The summed E-state index contributed by atoms with van der Waals surface area (Å²) in [6, 6.07) is 13.8. The highest BCUT2D eigenvalue weighted by molar-refractivity contribution is 8.13. The van der Waals surface area contributed by atoms with Crippen LogP contribution in [-0.4, -0.2) is 19.8 Å². The van der Waals surface area contributed by atoms with E-state index in [1.807, 2.05) is 19.4 Å². The maximum Gasteiger partial charge on any atom is 0.183 e. The minimum Gasteiger partial charge on any atom is -0.271 e. The molecule has 0 unspecified atom stereocenters. The third-order valence-electron chi connectivity index (χ3n) is 3.26. The van der Waals surface area contributed by atoms with Crippen molar-refractivity contribution in [3.63, 3.8) is 0 Å². The predicted octanol–water partition coefficient (Wildman–Crippen LogP) is 3.39. The molecule has 0 aliphatic carbocycles. The summed E-state index contributed by atoms with van der Waals surface area (Å²) >= 11 is 1.32. The van der Waals surface area contributed by atoms with E-state index in [2.05, 4.69) is 10.3 Å². The summed E-state index contributed by atoms with van der Waals surface area (Å²) in [4.78, 5) is 4.59. The van der Waals surface area contributed by atoms with Crippen LogP contribution in [0, 0.1) is 18.4 Å². The fourth-order valence-corrected chi connectivity index (χ4v) is 3.70. The molecular weight excluding hydrogens is 342 g/mol. The molecule has 0 saturated heterocycles. The molecule has 0 radical (unpaired) electrons. The molecule has 0 amide bonds. The molecule has 0 atom stereocenters. The van der Waals surface area contributed by atoms with Gasteiger partial charge in [-0.05, 0) is 43.0 Å². The lowest BCUT2D eigenvalue weighted by Gasteiger charge is -2.06. The van der Waals surface area contributed by atoms with Crippen LogP contribution in [0.1, 0.15) is 11.1 Å². The quantitative estimate of drug-likeness (QED) is 0.392. The third kappa shape index (κ3) is 4.85. The van der Waals surface area contributed by atoms with Gasteiger partial charge in [0.25, 0.3) is 0 Å². The number of thioether (sulfide) groups is 1. The van der Waals surface area contributed by atoms with Crippen molar-refractivity contribution in [1.29, 1.82) is 5.26 Å². The minimum absolute atomic E-state index is 0.0636. The lowest BCUT2D eigenvalue weighted by atomic mass is 10.2. The van der Waals surface area contributed by atoms with Gasteiger partial charge in [-0.15, -0.1) is 0 Å². The van der Waals surface area contributed by atoms with E-state index in [1.165, 1.54) is 11.8 Å². The molecule has 2 aromatic carbocycles. The van der Waals surface area contributed by atoms with E-state index < -0.39 is 9.84 Å². The molecule has 7 heteroatoms. The van der Waals surface area contributed by atoms with E-state index in [9.17, 15) is 8.42 Å². The van der Waals surface area contributed by atoms with Gasteiger partial charge < -0.3 is 0 Å². The number of sulfone groups is 1. The number of nitrogens with one attached hydrogen (secondary N) is 1. The molecule has 124 valence electrons. The van der Waals surface area contributed by atoms with Crippen LogP contribution >= 0.6 is 11.8 Å². The van der Waals surface area contributed by atoms with Crippen LogP contribution in [0.25, 0.3) is 0 Å². The number of hydrogen-bond donors (Lipinski definition) is 1. The van der Waals surface area contributed by atoms with E-state index in [4.69, 9.17) is 5.26 Å². The summed E-state index contributed by atoms with van der Waals surface area (Å²) < 4.78 is 24.9. The van der Waals surface area contributed by atoms with Gasteiger partial charge in [-0.25, -0.2) is 13.4 Å². The van der Waals surface area contributed by atoms with Crippen molar-refractivity contribution in [3.05, 3.63) is 59.7 Å². The van der Waals surface area contributed by atoms with Crippen molar-refractivity contribution < 1.29 is 8.42 Å². The normalized spacial score (nSPS) is 11.8. The predicted molar refractivity (Wildman–Crippen MR) is 97.9 cm³/mol. The number of aliphatic imine (C=N–C) groups is 1. The Morgan fingerprint density at radius 3 is 2.33 bits per heavy atom. The first-order valence-electron chi connectivity index (χ1n) is 7.11. The Labute approximate surface area is 146 Å². The fraction of sp³-hybridized carbons (Fsp3) is 0.176. The van der Waals surface area contributed by atoms with Crippen molar-refractivity contribution in [2.24, 2.45) is 4.99 Å². The van der Waals surface area contributed by atoms with Gasteiger partial charge in [0, 0.05) is 0 Å². The number of rotatable bonds is 4. The zero-order chi connectivity index (χ0) is 17.6. The van der Waals surface area contributed by atoms with Crippen molar-refractivity contribution in [1.82, 2.24) is 5.32 Å². The largest absolute Gasteiger partial charge is 0.271 e. The third-order valence-corrected chi connectivity index (χ3v) is 5.54. The summed E-state index contributed by atoms with van der Waals surface area (Å²) in [6.07, 6.45) is 3.63. The first-order chi connectivity index (χ1) is 11.4. The SMILES string of the molecule is CSC(=Nc1ccc(CS(=O)(=O)c2ccc(C)cc2)cc1)NC#N. The van der Waals surface area contributed by atoms with Gasteiger partial charge in [-0.1, -0.05) is 41.6 Å². The molecule has 5 nitrogen and oxygen atoms in total. The average Bonchev–Trinajstić information content (AvgIpc) is 2.56. The standard InChI is InChI=1S/C17H17N3O2S2/c1-13-3-9-16(10-4-13)24(21,22)11-14-5-7-15(8-6-14)20-17(23-2)19-12-18/h3-10H,11H2,1-2H3,(H,19,20). The minimum atomic E-state index is -3.37. The molecule has 0 saturated carbocycles. The zero-order valence-corrected chi connectivity index (χ0v) is 15.0. The summed E-state index contributed by atoms with van der Waals surface area (Å²) in [5.41, 5.74) is 2.36. The molecule has 0 bridgehead atoms. The van der Waals surface area contributed by atoms with Crippen LogP contribution in [0.2, 0.25) is 0 Å². The average molecular weight is 359 g/mol. The molecule has 0 aromatic heterocycles. The van der Waals surface area contributed by atoms with Crippen LogP contribution in [-0.2, 0) is 15.6 Å². The summed E-state index contributed by atoms with van der Waals surface area (Å²) in [5.74, 6) is -0.0636. The van der Waals surface area contributed by atoms with Crippen molar-refractivity contribution in [2.45, 2.75) is 17.6 Å². The molecule has 0 spiro atoms.